The molecule has 0 atom stereocenters. The van der Waals surface area contributed by atoms with E-state index in [-0.39, 0.29) is 23.3 Å². The fourth-order valence-corrected chi connectivity index (χ4v) is 3.30. The summed E-state index contributed by atoms with van der Waals surface area (Å²) in [4.78, 5) is 36.2. The number of carbonyl (C=O) groups is 3. The lowest BCUT2D eigenvalue weighted by atomic mass is 10.1. The highest BCUT2D eigenvalue weighted by Gasteiger charge is 2.25. The van der Waals surface area contributed by atoms with Crippen LogP contribution < -0.4 is 5.32 Å². The lowest BCUT2D eigenvalue weighted by Crippen LogP contribution is -2.31. The van der Waals surface area contributed by atoms with Gasteiger partial charge >= 0.3 is 5.97 Å². The lowest BCUT2D eigenvalue weighted by Gasteiger charge is -2.05. The van der Waals surface area contributed by atoms with Crippen LogP contribution in [0.3, 0.4) is 0 Å². The zero-order valence-corrected chi connectivity index (χ0v) is 15.7. The van der Waals surface area contributed by atoms with Gasteiger partial charge in [-0.15, -0.1) is 0 Å². The summed E-state index contributed by atoms with van der Waals surface area (Å²) >= 11 is 5.91. The average Bonchev–Trinajstić information content (AvgIpc) is 3.27. The van der Waals surface area contributed by atoms with Crippen molar-refractivity contribution in [1.82, 2.24) is 9.88 Å². The molecule has 0 fully saturated rings. The van der Waals surface area contributed by atoms with Crippen LogP contribution in [0, 0.1) is 5.82 Å². The van der Waals surface area contributed by atoms with Crippen LogP contribution in [0.5, 0.6) is 0 Å². The summed E-state index contributed by atoms with van der Waals surface area (Å²) in [6.07, 6.45) is 2.55. The first-order valence-electron chi connectivity index (χ1n) is 8.67. The van der Waals surface area contributed by atoms with Crippen molar-refractivity contribution in [2.24, 2.45) is 0 Å². The maximum Gasteiger partial charge on any atom is 0.333 e. The molecule has 2 aromatic carbocycles. The molecule has 8 heteroatoms. The second-order valence-corrected chi connectivity index (χ2v) is 6.93. The number of hydrogen-bond acceptors (Lipinski definition) is 4. The summed E-state index contributed by atoms with van der Waals surface area (Å²) in [6, 6.07) is 11.6. The number of Topliss-reactive ketones (excluding diaryl/α,β-unsaturated/α-hetero) is 1. The molecule has 4 rings (SSSR count). The molecule has 0 radical (unpaired) electrons. The number of halogens is 2. The maximum atomic E-state index is 14.5. The standard InChI is InChI=1S/C21H14ClFN2O4/c22-13-6-4-12(5-7-13)9-25-10-15(19-16(23)2-1-3-17(19)25)20(27)21(28)24-14-8-18(26)29-11-14/h1-8,10H,9,11H2,(H,24,28). The van der Waals surface area contributed by atoms with Gasteiger partial charge in [0.05, 0.1) is 16.8 Å². The number of hydrogen-bond donors (Lipinski definition) is 1. The van der Waals surface area contributed by atoms with Gasteiger partial charge in [0.2, 0.25) is 0 Å². The van der Waals surface area contributed by atoms with Crippen molar-refractivity contribution in [2.75, 3.05) is 6.61 Å². The van der Waals surface area contributed by atoms with Crippen molar-refractivity contribution in [3.05, 3.63) is 82.4 Å². The van der Waals surface area contributed by atoms with Gasteiger partial charge in [-0.1, -0.05) is 29.8 Å². The zero-order valence-electron chi connectivity index (χ0n) is 14.9. The number of amides is 1. The molecule has 0 bridgehead atoms. The Morgan fingerprint density at radius 2 is 1.93 bits per heavy atom. The normalized spacial score (nSPS) is 13.3. The molecule has 1 N–H and O–H groups in total. The minimum Gasteiger partial charge on any atom is -0.456 e. The number of fused-ring (bicyclic) bond motifs is 1. The van der Waals surface area contributed by atoms with Crippen LogP contribution in [0.15, 0.2) is 60.4 Å². The predicted molar refractivity (Wildman–Crippen MR) is 104 cm³/mol. The van der Waals surface area contributed by atoms with Crippen LogP contribution in [0.2, 0.25) is 5.02 Å². The molecule has 0 spiro atoms. The van der Waals surface area contributed by atoms with Gasteiger partial charge in [-0.3, -0.25) is 9.59 Å². The van der Waals surface area contributed by atoms with Gasteiger partial charge < -0.3 is 14.6 Å². The highest BCUT2D eigenvalue weighted by atomic mass is 35.5. The van der Waals surface area contributed by atoms with Crippen molar-refractivity contribution in [2.45, 2.75) is 6.54 Å². The number of rotatable bonds is 5. The number of nitrogens with zero attached hydrogens (tertiary/aromatic N) is 1. The molecule has 6 nitrogen and oxygen atoms in total. The molecular formula is C21H14ClFN2O4. The predicted octanol–water partition coefficient (Wildman–Crippen LogP) is 3.22. The topological polar surface area (TPSA) is 77.4 Å². The monoisotopic (exact) mass is 412 g/mol. The second-order valence-electron chi connectivity index (χ2n) is 6.49. The Labute approximate surface area is 169 Å². The number of esters is 1. The lowest BCUT2D eigenvalue weighted by molar-refractivity contribution is -0.135. The number of benzene rings is 2. The molecule has 0 aliphatic carbocycles. The van der Waals surface area contributed by atoms with E-state index in [1.165, 1.54) is 18.3 Å². The Morgan fingerprint density at radius 1 is 1.17 bits per heavy atom. The quantitative estimate of drug-likeness (QED) is 0.396. The van der Waals surface area contributed by atoms with E-state index in [0.29, 0.717) is 17.1 Å². The van der Waals surface area contributed by atoms with E-state index in [1.54, 1.807) is 22.8 Å². The van der Waals surface area contributed by atoms with Crippen LogP contribution in [0.25, 0.3) is 10.9 Å². The Bertz CT molecular complexity index is 1180. The molecule has 0 saturated heterocycles. The van der Waals surface area contributed by atoms with Gasteiger partial charge in [0, 0.05) is 29.2 Å². The molecule has 29 heavy (non-hydrogen) atoms. The first-order chi connectivity index (χ1) is 13.9. The number of ketones is 1. The summed E-state index contributed by atoms with van der Waals surface area (Å²) in [5.41, 5.74) is 1.50. The fraction of sp³-hybridized carbons (Fsp3) is 0.0952. The summed E-state index contributed by atoms with van der Waals surface area (Å²) in [5.74, 6) is -3.08. The number of ether oxygens (including phenoxy) is 1. The number of aromatic nitrogens is 1. The molecule has 1 aliphatic heterocycles. The Balaban J connectivity index is 1.69. The zero-order chi connectivity index (χ0) is 20.5. The highest BCUT2D eigenvalue weighted by Crippen LogP contribution is 2.26. The van der Waals surface area contributed by atoms with Gasteiger partial charge in [-0.25, -0.2) is 9.18 Å². The Kier molecular flexibility index (Phi) is 4.90. The Morgan fingerprint density at radius 3 is 2.62 bits per heavy atom. The summed E-state index contributed by atoms with van der Waals surface area (Å²) in [6.45, 7) is 0.240. The smallest absolute Gasteiger partial charge is 0.333 e. The van der Waals surface area contributed by atoms with Crippen molar-refractivity contribution < 1.29 is 23.5 Å². The van der Waals surface area contributed by atoms with Crippen molar-refractivity contribution in [1.29, 1.82) is 0 Å². The van der Waals surface area contributed by atoms with E-state index in [9.17, 15) is 18.8 Å². The van der Waals surface area contributed by atoms with Gasteiger partial charge in [0.15, 0.2) is 0 Å². The molecule has 2 heterocycles. The van der Waals surface area contributed by atoms with E-state index in [0.717, 1.165) is 11.6 Å². The van der Waals surface area contributed by atoms with Crippen molar-refractivity contribution in [3.63, 3.8) is 0 Å². The fourth-order valence-electron chi connectivity index (χ4n) is 3.17. The summed E-state index contributed by atoms with van der Waals surface area (Å²) in [5, 5.41) is 2.99. The first-order valence-corrected chi connectivity index (χ1v) is 9.05. The SMILES string of the molecule is O=C1C=C(NC(=O)C(=O)c2cn(Cc3ccc(Cl)cc3)c3cccc(F)c23)CO1. The van der Waals surface area contributed by atoms with Gasteiger partial charge in [-0.2, -0.15) is 0 Å². The average molecular weight is 413 g/mol. The maximum absolute atomic E-state index is 14.5. The van der Waals surface area contributed by atoms with Crippen molar-refractivity contribution in [3.8, 4) is 0 Å². The highest BCUT2D eigenvalue weighted by molar-refractivity contribution is 6.45. The van der Waals surface area contributed by atoms with Crippen LogP contribution in [0.1, 0.15) is 15.9 Å². The molecule has 1 aliphatic rings. The van der Waals surface area contributed by atoms with E-state index in [4.69, 9.17) is 11.6 Å². The molecule has 1 amide bonds. The molecule has 1 aromatic heterocycles. The third-order valence-corrected chi connectivity index (χ3v) is 4.76. The molecular weight excluding hydrogens is 399 g/mol. The molecule has 3 aromatic rings. The van der Waals surface area contributed by atoms with E-state index in [2.05, 4.69) is 10.1 Å². The van der Waals surface area contributed by atoms with Gasteiger partial charge in [-0.05, 0) is 29.8 Å². The summed E-state index contributed by atoms with van der Waals surface area (Å²) < 4.78 is 20.9. The van der Waals surface area contributed by atoms with E-state index >= 15 is 0 Å². The molecule has 0 unspecified atom stereocenters. The first kappa shape index (κ1) is 18.9. The number of carbonyl (C=O) groups excluding carboxylic acids is 3. The second kappa shape index (κ2) is 7.52. The van der Waals surface area contributed by atoms with E-state index in [1.807, 2.05) is 12.1 Å². The van der Waals surface area contributed by atoms with Crippen molar-refractivity contribution >= 4 is 40.2 Å². The molecule has 0 saturated carbocycles. The van der Waals surface area contributed by atoms with E-state index < -0.39 is 23.5 Å². The largest absolute Gasteiger partial charge is 0.456 e. The third-order valence-electron chi connectivity index (χ3n) is 4.51. The van der Waals surface area contributed by atoms with Crippen LogP contribution in [-0.2, 0) is 20.9 Å². The Hall–Kier alpha value is -3.45. The molecule has 146 valence electrons. The van der Waals surface area contributed by atoms with Crippen LogP contribution in [0.4, 0.5) is 4.39 Å². The number of nitrogens with one attached hydrogen (secondary N) is 1. The van der Waals surface area contributed by atoms with Crippen LogP contribution in [-0.4, -0.2) is 28.8 Å². The minimum absolute atomic E-state index is 0.0598. The van der Waals surface area contributed by atoms with Gasteiger partial charge in [0.25, 0.3) is 11.7 Å². The number of cyclic esters (lactones) is 1. The summed E-state index contributed by atoms with van der Waals surface area (Å²) in [7, 11) is 0. The van der Waals surface area contributed by atoms with Crippen LogP contribution >= 0.6 is 11.6 Å². The third kappa shape index (κ3) is 3.77. The van der Waals surface area contributed by atoms with Gasteiger partial charge in [0.1, 0.15) is 12.4 Å². The minimum atomic E-state index is -0.969.